The molecule has 0 fully saturated rings. The summed E-state index contributed by atoms with van der Waals surface area (Å²) in [5.74, 6) is 0.488. The molecule has 1 N–H and O–H groups in total. The third kappa shape index (κ3) is 2.83. The number of hydrogen-bond acceptors (Lipinski definition) is 6. The molecule has 106 valence electrons. The number of aryl methyl sites for hydroxylation is 1. The first-order chi connectivity index (χ1) is 9.52. The van der Waals surface area contributed by atoms with Gasteiger partial charge in [0.25, 0.3) is 11.6 Å². The Balaban J connectivity index is 2.30. The largest absolute Gasteiger partial charge is 0.385 e. The zero-order valence-electron chi connectivity index (χ0n) is 11.2. The molecule has 0 saturated carbocycles. The Kier molecular flexibility index (Phi) is 4.09. The van der Waals surface area contributed by atoms with Crippen LogP contribution in [0.5, 0.6) is 0 Å². The maximum atomic E-state index is 10.7. The first kappa shape index (κ1) is 14.1. The monoisotopic (exact) mass is 277 g/mol. The summed E-state index contributed by atoms with van der Waals surface area (Å²) in [7, 11) is 0. The number of nitro groups is 1. The molecule has 2 aromatic rings. The summed E-state index contributed by atoms with van der Waals surface area (Å²) in [6.07, 6.45) is 0.607. The Morgan fingerprint density at radius 2 is 2.25 bits per heavy atom. The standard InChI is InChI=1S/C13H15N3O4/c1-3-4-11(17)12-14-13(20-15-12)10-6-5-9(16(18)19)7-8(10)2/h5-7,11,17H,3-4H2,1-2H3. The molecular formula is C13H15N3O4. The molecule has 0 aliphatic carbocycles. The van der Waals surface area contributed by atoms with Crippen LogP contribution in [-0.2, 0) is 0 Å². The third-order valence-corrected chi connectivity index (χ3v) is 2.95. The van der Waals surface area contributed by atoms with E-state index in [9.17, 15) is 15.2 Å². The average Bonchev–Trinajstić information content (AvgIpc) is 2.88. The molecule has 0 radical (unpaired) electrons. The molecule has 0 aliphatic heterocycles. The number of non-ortho nitro benzene ring substituents is 1. The van der Waals surface area contributed by atoms with Gasteiger partial charge in [-0.2, -0.15) is 4.98 Å². The highest BCUT2D eigenvalue weighted by atomic mass is 16.6. The van der Waals surface area contributed by atoms with Crippen LogP contribution in [0.3, 0.4) is 0 Å². The van der Waals surface area contributed by atoms with E-state index >= 15 is 0 Å². The van der Waals surface area contributed by atoms with Gasteiger partial charge in [-0.15, -0.1) is 0 Å². The predicted octanol–water partition coefficient (Wildman–Crippen LogP) is 2.79. The molecule has 0 amide bonds. The van der Waals surface area contributed by atoms with Gasteiger partial charge in [0.2, 0.25) is 5.82 Å². The number of rotatable bonds is 5. The minimum absolute atomic E-state index is 0.0111. The summed E-state index contributed by atoms with van der Waals surface area (Å²) < 4.78 is 5.11. The van der Waals surface area contributed by atoms with E-state index in [1.165, 1.54) is 12.1 Å². The zero-order chi connectivity index (χ0) is 14.7. The van der Waals surface area contributed by atoms with E-state index in [1.54, 1.807) is 13.0 Å². The van der Waals surface area contributed by atoms with Crippen molar-refractivity contribution < 1.29 is 14.6 Å². The van der Waals surface area contributed by atoms with Crippen LogP contribution in [0.1, 0.15) is 37.3 Å². The minimum Gasteiger partial charge on any atom is -0.385 e. The second-order valence-corrected chi connectivity index (χ2v) is 4.52. The van der Waals surface area contributed by atoms with E-state index in [2.05, 4.69) is 10.1 Å². The van der Waals surface area contributed by atoms with Gasteiger partial charge in [0.1, 0.15) is 6.10 Å². The Bertz CT molecular complexity index is 624. The molecule has 20 heavy (non-hydrogen) atoms. The fraction of sp³-hybridized carbons (Fsp3) is 0.385. The van der Waals surface area contributed by atoms with Crippen molar-refractivity contribution in [3.63, 3.8) is 0 Å². The van der Waals surface area contributed by atoms with E-state index in [0.29, 0.717) is 17.5 Å². The van der Waals surface area contributed by atoms with Crippen molar-refractivity contribution in [2.24, 2.45) is 0 Å². The zero-order valence-corrected chi connectivity index (χ0v) is 11.2. The van der Waals surface area contributed by atoms with E-state index in [0.717, 1.165) is 6.42 Å². The molecule has 0 bridgehead atoms. The Morgan fingerprint density at radius 1 is 1.50 bits per heavy atom. The third-order valence-electron chi connectivity index (χ3n) is 2.95. The SMILES string of the molecule is CCCC(O)c1noc(-c2ccc([N+](=O)[O-])cc2C)n1. The molecule has 1 atom stereocenters. The van der Waals surface area contributed by atoms with Crippen LogP contribution >= 0.6 is 0 Å². The summed E-state index contributed by atoms with van der Waals surface area (Å²) in [6, 6.07) is 4.40. The van der Waals surface area contributed by atoms with Gasteiger partial charge in [-0.3, -0.25) is 10.1 Å². The van der Waals surface area contributed by atoms with Crippen molar-refractivity contribution in [1.29, 1.82) is 0 Å². The van der Waals surface area contributed by atoms with Gasteiger partial charge in [-0.05, 0) is 25.0 Å². The van der Waals surface area contributed by atoms with Gasteiger partial charge >= 0.3 is 0 Å². The van der Waals surface area contributed by atoms with Gasteiger partial charge in [0, 0.05) is 17.7 Å². The Morgan fingerprint density at radius 3 is 2.85 bits per heavy atom. The summed E-state index contributed by atoms with van der Waals surface area (Å²) in [6.45, 7) is 3.68. The summed E-state index contributed by atoms with van der Waals surface area (Å²) in [5, 5.41) is 24.2. The second kappa shape index (κ2) is 5.79. The smallest absolute Gasteiger partial charge is 0.269 e. The Hall–Kier alpha value is -2.28. The van der Waals surface area contributed by atoms with Gasteiger partial charge in [0.15, 0.2) is 0 Å². The lowest BCUT2D eigenvalue weighted by atomic mass is 10.1. The van der Waals surface area contributed by atoms with Crippen molar-refractivity contribution in [3.8, 4) is 11.5 Å². The number of aliphatic hydroxyl groups is 1. The predicted molar refractivity (Wildman–Crippen MR) is 71.0 cm³/mol. The molecular weight excluding hydrogens is 262 g/mol. The van der Waals surface area contributed by atoms with Crippen molar-refractivity contribution in [2.45, 2.75) is 32.8 Å². The van der Waals surface area contributed by atoms with E-state index in [-0.39, 0.29) is 17.4 Å². The second-order valence-electron chi connectivity index (χ2n) is 4.52. The van der Waals surface area contributed by atoms with E-state index in [4.69, 9.17) is 4.52 Å². The molecule has 1 heterocycles. The van der Waals surface area contributed by atoms with Crippen molar-refractivity contribution >= 4 is 5.69 Å². The lowest BCUT2D eigenvalue weighted by Gasteiger charge is -2.02. The van der Waals surface area contributed by atoms with Crippen LogP contribution in [-0.4, -0.2) is 20.2 Å². The maximum Gasteiger partial charge on any atom is 0.269 e. The van der Waals surface area contributed by atoms with Crippen molar-refractivity contribution in [3.05, 3.63) is 39.7 Å². The number of hydrogen-bond donors (Lipinski definition) is 1. The van der Waals surface area contributed by atoms with Crippen LogP contribution in [0.2, 0.25) is 0 Å². The van der Waals surface area contributed by atoms with E-state index in [1.807, 2.05) is 6.92 Å². The Labute approximate surface area is 115 Å². The lowest BCUT2D eigenvalue weighted by molar-refractivity contribution is -0.384. The highest BCUT2D eigenvalue weighted by Crippen LogP contribution is 2.27. The van der Waals surface area contributed by atoms with Crippen LogP contribution < -0.4 is 0 Å². The minimum atomic E-state index is -0.754. The van der Waals surface area contributed by atoms with Gasteiger partial charge in [-0.25, -0.2) is 0 Å². The first-order valence-electron chi connectivity index (χ1n) is 6.30. The number of aliphatic hydroxyl groups excluding tert-OH is 1. The molecule has 7 nitrogen and oxygen atoms in total. The molecule has 0 spiro atoms. The van der Waals surface area contributed by atoms with Gasteiger partial charge < -0.3 is 9.63 Å². The number of nitrogens with zero attached hydrogens (tertiary/aromatic N) is 3. The summed E-state index contributed by atoms with van der Waals surface area (Å²) in [5.41, 5.74) is 1.30. The molecule has 2 rings (SSSR count). The van der Waals surface area contributed by atoms with Gasteiger partial charge in [-0.1, -0.05) is 18.5 Å². The molecule has 7 heteroatoms. The maximum absolute atomic E-state index is 10.7. The van der Waals surface area contributed by atoms with Gasteiger partial charge in [0.05, 0.1) is 4.92 Å². The fourth-order valence-corrected chi connectivity index (χ4v) is 1.88. The van der Waals surface area contributed by atoms with Crippen LogP contribution in [0.4, 0.5) is 5.69 Å². The quantitative estimate of drug-likeness (QED) is 0.665. The highest BCUT2D eigenvalue weighted by Gasteiger charge is 2.18. The topological polar surface area (TPSA) is 102 Å². The first-order valence-corrected chi connectivity index (χ1v) is 6.30. The molecule has 0 saturated heterocycles. The normalized spacial score (nSPS) is 12.3. The number of nitro benzene ring substituents is 1. The van der Waals surface area contributed by atoms with Crippen LogP contribution in [0.15, 0.2) is 22.7 Å². The molecule has 0 aliphatic rings. The highest BCUT2D eigenvalue weighted by molar-refractivity contribution is 5.61. The average molecular weight is 277 g/mol. The number of aromatic nitrogens is 2. The lowest BCUT2D eigenvalue weighted by Crippen LogP contribution is -1.99. The van der Waals surface area contributed by atoms with Crippen LogP contribution in [0.25, 0.3) is 11.5 Å². The molecule has 1 unspecified atom stereocenters. The van der Waals surface area contributed by atoms with Crippen LogP contribution in [0, 0.1) is 17.0 Å². The van der Waals surface area contributed by atoms with Crippen molar-refractivity contribution in [2.75, 3.05) is 0 Å². The molecule has 1 aromatic heterocycles. The summed E-state index contributed by atoms with van der Waals surface area (Å²) >= 11 is 0. The molecule has 1 aromatic carbocycles. The van der Waals surface area contributed by atoms with E-state index < -0.39 is 11.0 Å². The summed E-state index contributed by atoms with van der Waals surface area (Å²) in [4.78, 5) is 14.4. The van der Waals surface area contributed by atoms with Crippen molar-refractivity contribution in [1.82, 2.24) is 10.1 Å². The fourth-order valence-electron chi connectivity index (χ4n) is 1.88. The number of benzene rings is 1.